The molecular formula is C18H16N2O. The van der Waals surface area contributed by atoms with Crippen LogP contribution in [0.3, 0.4) is 0 Å². The fourth-order valence-corrected chi connectivity index (χ4v) is 2.55. The minimum atomic E-state index is -0.211. The Morgan fingerprint density at radius 3 is 2.62 bits per heavy atom. The Balaban J connectivity index is 2.14. The predicted octanol–water partition coefficient (Wildman–Crippen LogP) is 3.45. The first kappa shape index (κ1) is 13.3. The molecule has 2 aromatic rings. The van der Waals surface area contributed by atoms with Crippen LogP contribution in [0.15, 0.2) is 66.3 Å². The molecule has 0 bridgehead atoms. The van der Waals surface area contributed by atoms with Crippen LogP contribution in [0.5, 0.6) is 0 Å². The Hall–Kier alpha value is -2.68. The molecule has 3 nitrogen and oxygen atoms in total. The van der Waals surface area contributed by atoms with E-state index in [9.17, 15) is 4.79 Å². The number of hydrogen-bond acceptors (Lipinski definition) is 2. The lowest BCUT2D eigenvalue weighted by atomic mass is 9.92. The Labute approximate surface area is 124 Å². The van der Waals surface area contributed by atoms with Crippen molar-refractivity contribution in [3.8, 4) is 0 Å². The van der Waals surface area contributed by atoms with Gasteiger partial charge < -0.3 is 0 Å². The minimum absolute atomic E-state index is 0.202. The summed E-state index contributed by atoms with van der Waals surface area (Å²) in [7, 11) is 0. The van der Waals surface area contributed by atoms with Gasteiger partial charge in [0.2, 0.25) is 0 Å². The van der Waals surface area contributed by atoms with E-state index in [1.54, 1.807) is 6.21 Å². The zero-order chi connectivity index (χ0) is 14.8. The second-order valence-corrected chi connectivity index (χ2v) is 5.07. The van der Waals surface area contributed by atoms with Gasteiger partial charge in [0.05, 0.1) is 6.21 Å². The van der Waals surface area contributed by atoms with Crippen LogP contribution >= 0.6 is 0 Å². The quantitative estimate of drug-likeness (QED) is 0.773. The van der Waals surface area contributed by atoms with E-state index in [2.05, 4.69) is 11.7 Å². The number of benzene rings is 2. The highest BCUT2D eigenvalue weighted by molar-refractivity contribution is 5.91. The molecule has 0 saturated carbocycles. The van der Waals surface area contributed by atoms with Gasteiger partial charge in [-0.05, 0) is 24.1 Å². The van der Waals surface area contributed by atoms with Gasteiger partial charge in [-0.3, -0.25) is 4.79 Å². The first-order valence-corrected chi connectivity index (χ1v) is 6.86. The van der Waals surface area contributed by atoms with Gasteiger partial charge in [-0.15, -0.1) is 0 Å². The van der Waals surface area contributed by atoms with E-state index >= 15 is 0 Å². The van der Waals surface area contributed by atoms with Crippen molar-refractivity contribution in [3.63, 3.8) is 0 Å². The SMILES string of the molecule is C=CC(=O)N1N=Cc2ccccc2C1c1ccc(C)cc1. The number of aryl methyl sites for hydroxylation is 1. The summed E-state index contributed by atoms with van der Waals surface area (Å²) in [4.78, 5) is 12.1. The Morgan fingerprint density at radius 1 is 1.19 bits per heavy atom. The number of nitrogens with zero attached hydrogens (tertiary/aromatic N) is 2. The monoisotopic (exact) mass is 276 g/mol. The van der Waals surface area contributed by atoms with Crippen LogP contribution in [0, 0.1) is 6.92 Å². The number of carbonyl (C=O) groups is 1. The van der Waals surface area contributed by atoms with Crippen molar-refractivity contribution in [1.29, 1.82) is 0 Å². The molecule has 0 aliphatic carbocycles. The molecule has 104 valence electrons. The van der Waals surface area contributed by atoms with Gasteiger partial charge in [0.25, 0.3) is 5.91 Å². The maximum Gasteiger partial charge on any atom is 0.266 e. The topological polar surface area (TPSA) is 32.7 Å². The summed E-state index contributed by atoms with van der Waals surface area (Å²) in [6, 6.07) is 16.0. The van der Waals surface area contributed by atoms with Gasteiger partial charge in [0, 0.05) is 5.56 Å². The van der Waals surface area contributed by atoms with Crippen LogP contribution in [0.1, 0.15) is 28.3 Å². The second-order valence-electron chi connectivity index (χ2n) is 5.07. The van der Waals surface area contributed by atoms with Crippen LogP contribution in [0.25, 0.3) is 0 Å². The molecule has 1 unspecified atom stereocenters. The molecule has 0 radical (unpaired) electrons. The van der Waals surface area contributed by atoms with E-state index in [0.717, 1.165) is 16.7 Å². The summed E-state index contributed by atoms with van der Waals surface area (Å²) < 4.78 is 0. The predicted molar refractivity (Wildman–Crippen MR) is 84.1 cm³/mol. The van der Waals surface area contributed by atoms with E-state index in [4.69, 9.17) is 0 Å². The first-order valence-electron chi connectivity index (χ1n) is 6.86. The van der Waals surface area contributed by atoms with Crippen molar-refractivity contribution in [2.45, 2.75) is 13.0 Å². The third-order valence-electron chi connectivity index (χ3n) is 3.65. The standard InChI is InChI=1S/C18H16N2O/c1-3-17(21)20-18(14-10-8-13(2)9-11-14)16-7-5-4-6-15(16)12-19-20/h3-12,18H,1H2,2H3. The van der Waals surface area contributed by atoms with Crippen LogP contribution < -0.4 is 0 Å². The van der Waals surface area contributed by atoms with Gasteiger partial charge in [-0.25, -0.2) is 5.01 Å². The number of amides is 1. The molecule has 3 heteroatoms. The maximum absolute atomic E-state index is 12.1. The molecule has 0 fully saturated rings. The molecule has 1 heterocycles. The molecule has 21 heavy (non-hydrogen) atoms. The Bertz CT molecular complexity index is 716. The molecule has 3 rings (SSSR count). The molecular weight excluding hydrogens is 260 g/mol. The van der Waals surface area contributed by atoms with Gasteiger partial charge in [-0.1, -0.05) is 60.7 Å². The van der Waals surface area contributed by atoms with Crippen molar-refractivity contribution >= 4 is 12.1 Å². The highest BCUT2D eigenvalue weighted by Crippen LogP contribution is 2.33. The minimum Gasteiger partial charge on any atom is -0.268 e. The number of fused-ring (bicyclic) bond motifs is 1. The molecule has 0 spiro atoms. The number of hydrazone groups is 1. The normalized spacial score (nSPS) is 16.4. The molecule has 0 N–H and O–H groups in total. The van der Waals surface area contributed by atoms with Gasteiger partial charge in [0.15, 0.2) is 0 Å². The Morgan fingerprint density at radius 2 is 1.90 bits per heavy atom. The summed E-state index contributed by atoms with van der Waals surface area (Å²) in [5.41, 5.74) is 4.34. The summed E-state index contributed by atoms with van der Waals surface area (Å²) in [5.74, 6) is -0.202. The summed E-state index contributed by atoms with van der Waals surface area (Å²) in [5, 5.41) is 5.80. The smallest absolute Gasteiger partial charge is 0.266 e. The first-order chi connectivity index (χ1) is 10.2. The highest BCUT2D eigenvalue weighted by atomic mass is 16.2. The van der Waals surface area contributed by atoms with E-state index in [-0.39, 0.29) is 11.9 Å². The summed E-state index contributed by atoms with van der Waals surface area (Å²) in [6.45, 7) is 5.61. The van der Waals surface area contributed by atoms with Crippen LogP contribution in [0.2, 0.25) is 0 Å². The van der Waals surface area contributed by atoms with E-state index < -0.39 is 0 Å². The summed E-state index contributed by atoms with van der Waals surface area (Å²) in [6.07, 6.45) is 3.02. The molecule has 1 aliphatic rings. The number of hydrogen-bond donors (Lipinski definition) is 0. The van der Waals surface area contributed by atoms with Crippen molar-refractivity contribution in [3.05, 3.63) is 83.4 Å². The number of rotatable bonds is 2. The highest BCUT2D eigenvalue weighted by Gasteiger charge is 2.29. The van der Waals surface area contributed by atoms with Crippen molar-refractivity contribution in [2.75, 3.05) is 0 Å². The summed E-state index contributed by atoms with van der Waals surface area (Å²) >= 11 is 0. The van der Waals surface area contributed by atoms with Crippen LogP contribution in [-0.2, 0) is 4.79 Å². The van der Waals surface area contributed by atoms with Crippen LogP contribution in [-0.4, -0.2) is 17.1 Å². The molecule has 2 aromatic carbocycles. The molecule has 1 aliphatic heterocycles. The third kappa shape index (κ3) is 2.38. The van der Waals surface area contributed by atoms with E-state index in [1.165, 1.54) is 16.6 Å². The van der Waals surface area contributed by atoms with Gasteiger partial charge in [-0.2, -0.15) is 5.10 Å². The third-order valence-corrected chi connectivity index (χ3v) is 3.65. The zero-order valence-corrected chi connectivity index (χ0v) is 11.9. The molecule has 0 saturated heterocycles. The Kier molecular flexibility index (Phi) is 3.40. The maximum atomic E-state index is 12.1. The van der Waals surface area contributed by atoms with Gasteiger partial charge in [0.1, 0.15) is 6.04 Å². The van der Waals surface area contributed by atoms with Crippen LogP contribution in [0.4, 0.5) is 0 Å². The van der Waals surface area contributed by atoms with E-state index in [1.807, 2.05) is 55.5 Å². The van der Waals surface area contributed by atoms with E-state index in [0.29, 0.717) is 0 Å². The second kappa shape index (κ2) is 5.37. The average molecular weight is 276 g/mol. The van der Waals surface area contributed by atoms with Crippen molar-refractivity contribution in [1.82, 2.24) is 5.01 Å². The molecule has 1 amide bonds. The fourth-order valence-electron chi connectivity index (χ4n) is 2.55. The number of carbonyl (C=O) groups excluding carboxylic acids is 1. The average Bonchev–Trinajstić information content (AvgIpc) is 2.54. The largest absolute Gasteiger partial charge is 0.268 e. The molecule has 0 aromatic heterocycles. The van der Waals surface area contributed by atoms with Gasteiger partial charge >= 0.3 is 0 Å². The van der Waals surface area contributed by atoms with Crippen molar-refractivity contribution < 1.29 is 4.79 Å². The molecule has 1 atom stereocenters. The van der Waals surface area contributed by atoms with Crippen molar-refractivity contribution in [2.24, 2.45) is 5.10 Å². The fraction of sp³-hybridized carbons (Fsp3) is 0.111. The lowest BCUT2D eigenvalue weighted by Gasteiger charge is -2.31. The lowest BCUT2D eigenvalue weighted by molar-refractivity contribution is -0.127. The zero-order valence-electron chi connectivity index (χ0n) is 11.9. The lowest BCUT2D eigenvalue weighted by Crippen LogP contribution is -2.33.